The highest BCUT2D eigenvalue weighted by molar-refractivity contribution is 5.98. The molecule has 0 N–H and O–H groups in total. The Balaban J connectivity index is 2.20. The largest absolute Gasteiger partial charge is 0.463 e. The van der Waals surface area contributed by atoms with Gasteiger partial charge in [0.1, 0.15) is 18.5 Å². The van der Waals surface area contributed by atoms with Crippen LogP contribution >= 0.6 is 0 Å². The van der Waals surface area contributed by atoms with Crippen LogP contribution in [-0.2, 0) is 42.9 Å². The van der Waals surface area contributed by atoms with E-state index in [4.69, 9.17) is 23.7 Å². The predicted octanol–water partition coefficient (Wildman–Crippen LogP) is 1.85. The number of carbonyl (C=O) groups excluding carboxylic acids is 5. The Morgan fingerprint density at radius 3 is 2.11 bits per heavy atom. The van der Waals surface area contributed by atoms with Crippen molar-refractivity contribution in [3.8, 4) is 0 Å². The highest BCUT2D eigenvalue weighted by Crippen LogP contribution is 2.37. The third-order valence-corrected chi connectivity index (χ3v) is 5.20. The molecule has 3 rings (SSSR count). The van der Waals surface area contributed by atoms with Crippen LogP contribution in [0.1, 0.15) is 44.3 Å². The minimum atomic E-state index is -1.40. The molecule has 0 spiro atoms. The number of carbonyl (C=O) groups is 5. The number of aldehydes is 1. The van der Waals surface area contributed by atoms with E-state index in [-0.39, 0.29) is 16.5 Å². The van der Waals surface area contributed by atoms with Gasteiger partial charge in [0.15, 0.2) is 30.8 Å². The van der Waals surface area contributed by atoms with Crippen LogP contribution in [0.15, 0.2) is 24.4 Å². The molecule has 5 atom stereocenters. The first kappa shape index (κ1) is 25.8. The summed E-state index contributed by atoms with van der Waals surface area (Å²) >= 11 is 0. The van der Waals surface area contributed by atoms with Crippen molar-refractivity contribution in [2.24, 2.45) is 0 Å². The van der Waals surface area contributed by atoms with E-state index in [1.165, 1.54) is 29.0 Å². The van der Waals surface area contributed by atoms with Gasteiger partial charge in [-0.05, 0) is 12.1 Å². The zero-order valence-electron chi connectivity index (χ0n) is 19.4. The number of hydrogen-bond acceptors (Lipinski definition) is 10. The molecule has 2 aromatic rings. The molecule has 35 heavy (non-hydrogen) atoms. The van der Waals surface area contributed by atoms with Crippen LogP contribution < -0.4 is 0 Å². The Bertz CT molecular complexity index is 1160. The van der Waals surface area contributed by atoms with E-state index in [0.717, 1.165) is 27.7 Å². The monoisotopic (exact) mass is 493 g/mol. The Morgan fingerprint density at radius 1 is 0.943 bits per heavy atom. The van der Waals surface area contributed by atoms with Crippen LogP contribution in [0.5, 0.6) is 0 Å². The van der Waals surface area contributed by atoms with Gasteiger partial charge in [0.2, 0.25) is 0 Å². The standard InChI is InChI=1S/C23H24FNO10/c1-11(27)31-10-18-20(32-12(2)28)21(33-13(3)29)22(34-14(4)30)23(35-18)25-8-15(9-26)19-16(24)6-5-7-17(19)25/h5-9,18,20-23H,10H2,1-4H3. The normalized spacial score (nSPS) is 23.9. The van der Waals surface area contributed by atoms with E-state index >= 15 is 0 Å². The average Bonchev–Trinajstić information content (AvgIpc) is 3.14. The van der Waals surface area contributed by atoms with Crippen LogP contribution in [0, 0.1) is 5.82 Å². The molecule has 0 aliphatic carbocycles. The fraction of sp³-hybridized carbons (Fsp3) is 0.435. The zero-order valence-corrected chi connectivity index (χ0v) is 19.4. The first-order valence-electron chi connectivity index (χ1n) is 10.6. The van der Waals surface area contributed by atoms with Crippen LogP contribution in [0.2, 0.25) is 0 Å². The molecule has 12 heteroatoms. The van der Waals surface area contributed by atoms with Crippen molar-refractivity contribution in [1.82, 2.24) is 4.57 Å². The lowest BCUT2D eigenvalue weighted by atomic mass is 9.97. The average molecular weight is 493 g/mol. The van der Waals surface area contributed by atoms with Crippen molar-refractivity contribution in [1.29, 1.82) is 0 Å². The van der Waals surface area contributed by atoms with Crippen LogP contribution in [-0.4, -0.2) is 65.8 Å². The number of ether oxygens (including phenoxy) is 5. The van der Waals surface area contributed by atoms with Gasteiger partial charge >= 0.3 is 23.9 Å². The third-order valence-electron chi connectivity index (χ3n) is 5.20. The number of fused-ring (bicyclic) bond motifs is 1. The lowest BCUT2D eigenvalue weighted by Gasteiger charge is -2.44. The summed E-state index contributed by atoms with van der Waals surface area (Å²) in [6.07, 6.45) is -4.86. The number of aromatic nitrogens is 1. The van der Waals surface area contributed by atoms with Crippen molar-refractivity contribution >= 4 is 41.1 Å². The maximum absolute atomic E-state index is 14.6. The molecule has 0 saturated carbocycles. The minimum absolute atomic E-state index is 0.00430. The summed E-state index contributed by atoms with van der Waals surface area (Å²) in [7, 11) is 0. The van der Waals surface area contributed by atoms with Crippen LogP contribution in [0.25, 0.3) is 10.9 Å². The second-order valence-corrected chi connectivity index (χ2v) is 7.83. The van der Waals surface area contributed by atoms with Gasteiger partial charge < -0.3 is 28.3 Å². The molecule has 188 valence electrons. The van der Waals surface area contributed by atoms with Gasteiger partial charge in [-0.25, -0.2) is 4.39 Å². The van der Waals surface area contributed by atoms with E-state index in [1.54, 1.807) is 0 Å². The highest BCUT2D eigenvalue weighted by atomic mass is 19.1. The summed E-state index contributed by atoms with van der Waals surface area (Å²) in [5.74, 6) is -3.66. The van der Waals surface area contributed by atoms with Gasteiger partial charge in [0.05, 0.1) is 5.52 Å². The van der Waals surface area contributed by atoms with Gasteiger partial charge in [0, 0.05) is 44.8 Å². The maximum atomic E-state index is 14.6. The molecule has 1 aromatic heterocycles. The van der Waals surface area contributed by atoms with Gasteiger partial charge in [-0.3, -0.25) is 24.0 Å². The second kappa shape index (κ2) is 10.6. The SMILES string of the molecule is CC(=O)OCC1OC(n2cc(C=O)c3c(F)cccc32)C(OC(C)=O)C(OC(C)=O)C1OC(C)=O. The predicted molar refractivity (Wildman–Crippen MR) is 114 cm³/mol. The molecule has 0 bridgehead atoms. The Hall–Kier alpha value is -3.80. The zero-order chi connectivity index (χ0) is 25.9. The second-order valence-electron chi connectivity index (χ2n) is 7.83. The molecule has 1 aliphatic rings. The van der Waals surface area contributed by atoms with Gasteiger partial charge in [-0.1, -0.05) is 6.07 Å². The van der Waals surface area contributed by atoms with E-state index in [2.05, 4.69) is 0 Å². The quantitative estimate of drug-likeness (QED) is 0.319. The molecule has 0 radical (unpaired) electrons. The first-order valence-corrected chi connectivity index (χ1v) is 10.6. The molecule has 11 nitrogen and oxygen atoms in total. The Labute approximate surface area is 199 Å². The van der Waals surface area contributed by atoms with Gasteiger partial charge in [-0.2, -0.15) is 0 Å². The summed E-state index contributed by atoms with van der Waals surface area (Å²) in [5.41, 5.74) is 0.207. The fourth-order valence-electron chi connectivity index (χ4n) is 4.03. The number of nitrogens with zero attached hydrogens (tertiary/aromatic N) is 1. The molecule has 0 amide bonds. The smallest absolute Gasteiger partial charge is 0.303 e. The number of esters is 4. The number of halogens is 1. The number of hydrogen-bond donors (Lipinski definition) is 0. The molecule has 1 aromatic carbocycles. The molecule has 1 aliphatic heterocycles. The van der Waals surface area contributed by atoms with E-state index in [9.17, 15) is 28.4 Å². The molecule has 1 fully saturated rings. The topological polar surface area (TPSA) is 136 Å². The number of benzene rings is 1. The summed E-state index contributed by atoms with van der Waals surface area (Å²) < 4.78 is 43.2. The summed E-state index contributed by atoms with van der Waals surface area (Å²) in [6.45, 7) is 4.07. The maximum Gasteiger partial charge on any atom is 0.303 e. The van der Waals surface area contributed by atoms with Crippen molar-refractivity contribution in [3.63, 3.8) is 0 Å². The van der Waals surface area contributed by atoms with Gasteiger partial charge in [0.25, 0.3) is 0 Å². The highest BCUT2D eigenvalue weighted by Gasteiger charge is 2.53. The number of rotatable bonds is 7. The van der Waals surface area contributed by atoms with Gasteiger partial charge in [-0.15, -0.1) is 0 Å². The lowest BCUT2D eigenvalue weighted by molar-refractivity contribution is -0.267. The van der Waals surface area contributed by atoms with E-state index < -0.39 is 66.9 Å². The third kappa shape index (κ3) is 5.65. The lowest BCUT2D eigenvalue weighted by Crippen LogP contribution is -2.60. The van der Waals surface area contributed by atoms with Crippen molar-refractivity contribution in [2.45, 2.75) is 58.3 Å². The first-order chi connectivity index (χ1) is 16.5. The minimum Gasteiger partial charge on any atom is -0.463 e. The Kier molecular flexibility index (Phi) is 7.85. The summed E-state index contributed by atoms with van der Waals surface area (Å²) in [6, 6.07) is 4.10. The molecular weight excluding hydrogens is 469 g/mol. The van der Waals surface area contributed by atoms with Crippen LogP contribution in [0.3, 0.4) is 0 Å². The molecular formula is C23H24FNO10. The fourth-order valence-corrected chi connectivity index (χ4v) is 4.03. The van der Waals surface area contributed by atoms with Crippen molar-refractivity contribution < 1.29 is 52.0 Å². The molecule has 5 unspecified atom stereocenters. The summed E-state index contributed by atoms with van der Waals surface area (Å²) in [4.78, 5) is 58.9. The molecule has 1 saturated heterocycles. The Morgan fingerprint density at radius 2 is 1.54 bits per heavy atom. The van der Waals surface area contributed by atoms with Crippen molar-refractivity contribution in [2.75, 3.05) is 6.61 Å². The van der Waals surface area contributed by atoms with Crippen LogP contribution in [0.4, 0.5) is 4.39 Å². The van der Waals surface area contributed by atoms with Crippen molar-refractivity contribution in [3.05, 3.63) is 35.8 Å². The van der Waals surface area contributed by atoms with E-state index in [0.29, 0.717) is 6.29 Å². The molecule has 2 heterocycles. The van der Waals surface area contributed by atoms with E-state index in [1.807, 2.05) is 0 Å². The summed E-state index contributed by atoms with van der Waals surface area (Å²) in [5, 5.41) is -0.00430.